The van der Waals surface area contributed by atoms with Crippen LogP contribution in [0.4, 0.5) is 0 Å². The van der Waals surface area contributed by atoms with Crippen LogP contribution in [0.5, 0.6) is 5.88 Å². The highest BCUT2D eigenvalue weighted by molar-refractivity contribution is 6.31. The first kappa shape index (κ1) is 21.5. The molecule has 2 fully saturated rings. The van der Waals surface area contributed by atoms with E-state index in [4.69, 9.17) is 35.8 Å². The third-order valence-corrected chi connectivity index (χ3v) is 6.72. The maximum atomic E-state index is 13.5. The van der Waals surface area contributed by atoms with Crippen molar-refractivity contribution in [3.8, 4) is 5.88 Å². The van der Waals surface area contributed by atoms with Gasteiger partial charge in [0.15, 0.2) is 5.82 Å². The Hall–Kier alpha value is -3.01. The molecule has 3 aromatic heterocycles. The smallest absolute Gasteiger partial charge is 0.329 e. The summed E-state index contributed by atoms with van der Waals surface area (Å²) in [5.41, 5.74) is 2.12. The average molecular weight is 482 g/mol. The fourth-order valence-electron chi connectivity index (χ4n) is 4.71. The molecule has 2 aliphatic rings. The third kappa shape index (κ3) is 3.93. The minimum atomic E-state index is -0.126. The van der Waals surface area contributed by atoms with Crippen LogP contribution in [0.2, 0.25) is 5.02 Å². The lowest BCUT2D eigenvalue weighted by atomic mass is 10.1. The highest BCUT2D eigenvalue weighted by Crippen LogP contribution is 2.28. The molecule has 0 aliphatic carbocycles. The lowest BCUT2D eigenvalue weighted by Crippen LogP contribution is -2.28. The van der Waals surface area contributed by atoms with Crippen LogP contribution in [0.15, 0.2) is 41.5 Å². The number of hydrogen-bond donors (Lipinski definition) is 0. The molecule has 1 unspecified atom stereocenters. The van der Waals surface area contributed by atoms with Gasteiger partial charge in [0.2, 0.25) is 5.88 Å². The van der Waals surface area contributed by atoms with Crippen molar-refractivity contribution in [2.75, 3.05) is 33.0 Å². The molecule has 2 aliphatic heterocycles. The molecule has 34 heavy (non-hydrogen) atoms. The topological polar surface area (TPSA) is 93.3 Å². The minimum Gasteiger partial charge on any atom is -0.477 e. The molecule has 6 rings (SSSR count). The molecule has 0 N–H and O–H groups in total. The number of halogens is 1. The van der Waals surface area contributed by atoms with Crippen LogP contribution < -0.4 is 10.4 Å². The number of fused-ring (bicyclic) bond motifs is 2. The summed E-state index contributed by atoms with van der Waals surface area (Å²) >= 11 is 6.25. The Kier molecular flexibility index (Phi) is 5.68. The van der Waals surface area contributed by atoms with E-state index in [1.807, 2.05) is 12.1 Å². The summed E-state index contributed by atoms with van der Waals surface area (Å²) in [6.45, 7) is 3.32. The average Bonchev–Trinajstić information content (AvgIpc) is 3.59. The summed E-state index contributed by atoms with van der Waals surface area (Å²) in [6.07, 6.45) is 5.17. The first-order valence-corrected chi connectivity index (χ1v) is 11.8. The molecular weight excluding hydrogens is 458 g/mol. The Labute approximate surface area is 200 Å². The Morgan fingerprint density at radius 2 is 1.97 bits per heavy atom. The molecule has 176 valence electrons. The summed E-state index contributed by atoms with van der Waals surface area (Å²) < 4.78 is 20.6. The molecule has 4 aromatic rings. The predicted octanol–water partition coefficient (Wildman–Crippen LogP) is 3.22. The molecule has 0 spiro atoms. The molecule has 0 saturated carbocycles. The van der Waals surface area contributed by atoms with Crippen molar-refractivity contribution in [3.63, 3.8) is 0 Å². The van der Waals surface area contributed by atoms with Crippen LogP contribution in [0.3, 0.4) is 0 Å². The van der Waals surface area contributed by atoms with Gasteiger partial charge in [-0.15, -0.1) is 0 Å². The van der Waals surface area contributed by atoms with Gasteiger partial charge < -0.3 is 14.2 Å². The molecule has 10 heteroatoms. The van der Waals surface area contributed by atoms with Crippen molar-refractivity contribution in [3.05, 3.63) is 58.0 Å². The number of hydrogen-bond acceptors (Lipinski definition) is 7. The largest absolute Gasteiger partial charge is 0.477 e. The van der Waals surface area contributed by atoms with E-state index in [9.17, 15) is 4.79 Å². The zero-order valence-electron chi connectivity index (χ0n) is 18.5. The Morgan fingerprint density at radius 1 is 1.09 bits per heavy atom. The molecule has 5 heterocycles. The van der Waals surface area contributed by atoms with Gasteiger partial charge in [0.1, 0.15) is 0 Å². The monoisotopic (exact) mass is 481 g/mol. The van der Waals surface area contributed by atoms with E-state index in [0.29, 0.717) is 54.6 Å². The van der Waals surface area contributed by atoms with E-state index in [-0.39, 0.29) is 18.3 Å². The number of aromatic nitrogens is 5. The van der Waals surface area contributed by atoms with Gasteiger partial charge in [-0.3, -0.25) is 14.1 Å². The standard InChI is InChI=1S/C24H24ClN5O4/c25-16-1-2-18-19(9-16)27-22(28-23(18)34-13-15-4-7-32-12-15)11-29-21-10-26-6-3-20(21)30(24(29)31)17-5-8-33-14-17/h1-3,6,9-10,15,17H,4-5,7-8,11-14H2/t15?,17-/m1/s1. The van der Waals surface area contributed by atoms with E-state index in [1.165, 1.54) is 0 Å². The molecule has 1 aromatic carbocycles. The third-order valence-electron chi connectivity index (χ3n) is 6.49. The second-order valence-electron chi connectivity index (χ2n) is 8.77. The zero-order chi connectivity index (χ0) is 23.1. The zero-order valence-corrected chi connectivity index (χ0v) is 19.3. The number of nitrogens with zero attached hydrogens (tertiary/aromatic N) is 5. The summed E-state index contributed by atoms with van der Waals surface area (Å²) in [4.78, 5) is 27.2. The van der Waals surface area contributed by atoms with Gasteiger partial charge in [0.05, 0.1) is 60.5 Å². The molecule has 2 atom stereocenters. The normalized spacial score (nSPS) is 20.5. The minimum absolute atomic E-state index is 0.00232. The lowest BCUT2D eigenvalue weighted by Gasteiger charge is -2.13. The van der Waals surface area contributed by atoms with E-state index in [0.717, 1.165) is 35.9 Å². The summed E-state index contributed by atoms with van der Waals surface area (Å²) in [6, 6.07) is 7.32. The Balaban J connectivity index is 1.41. The highest BCUT2D eigenvalue weighted by atomic mass is 35.5. The van der Waals surface area contributed by atoms with Gasteiger partial charge in [0.25, 0.3) is 0 Å². The maximum absolute atomic E-state index is 13.5. The number of ether oxygens (including phenoxy) is 3. The van der Waals surface area contributed by atoms with Gasteiger partial charge in [0, 0.05) is 30.4 Å². The summed E-state index contributed by atoms with van der Waals surface area (Å²) in [5, 5.41) is 1.36. The molecule has 0 amide bonds. The first-order chi connectivity index (χ1) is 16.7. The van der Waals surface area contributed by atoms with Gasteiger partial charge in [-0.05, 0) is 37.1 Å². The predicted molar refractivity (Wildman–Crippen MR) is 127 cm³/mol. The van der Waals surface area contributed by atoms with Gasteiger partial charge in [-0.1, -0.05) is 11.6 Å². The molecule has 0 radical (unpaired) electrons. The second-order valence-corrected chi connectivity index (χ2v) is 9.20. The SMILES string of the molecule is O=c1n(Cc2nc(OCC3CCOC3)c3ccc(Cl)cc3n2)c2cnccc2n1[C@@H]1CCOC1. The van der Waals surface area contributed by atoms with Crippen molar-refractivity contribution in [1.29, 1.82) is 0 Å². The number of imidazole rings is 1. The van der Waals surface area contributed by atoms with Crippen molar-refractivity contribution in [2.24, 2.45) is 5.92 Å². The highest BCUT2D eigenvalue weighted by Gasteiger charge is 2.25. The Morgan fingerprint density at radius 3 is 2.79 bits per heavy atom. The van der Waals surface area contributed by atoms with Gasteiger partial charge in [-0.2, -0.15) is 4.98 Å². The van der Waals surface area contributed by atoms with Crippen LogP contribution in [0.25, 0.3) is 21.9 Å². The molecule has 9 nitrogen and oxygen atoms in total. The fraction of sp³-hybridized carbons (Fsp3) is 0.417. The quantitative estimate of drug-likeness (QED) is 0.417. The van der Waals surface area contributed by atoms with Crippen molar-refractivity contribution in [1.82, 2.24) is 24.1 Å². The second kappa shape index (κ2) is 8.98. The Bertz CT molecular complexity index is 1410. The summed E-state index contributed by atoms with van der Waals surface area (Å²) in [7, 11) is 0. The van der Waals surface area contributed by atoms with Gasteiger partial charge in [-0.25, -0.2) is 9.78 Å². The van der Waals surface area contributed by atoms with Crippen LogP contribution in [0, 0.1) is 5.92 Å². The van der Waals surface area contributed by atoms with Gasteiger partial charge >= 0.3 is 5.69 Å². The van der Waals surface area contributed by atoms with Crippen molar-refractivity contribution >= 4 is 33.5 Å². The van der Waals surface area contributed by atoms with Crippen LogP contribution in [-0.4, -0.2) is 57.1 Å². The van der Waals surface area contributed by atoms with Crippen LogP contribution in [-0.2, 0) is 16.0 Å². The van der Waals surface area contributed by atoms with E-state index < -0.39 is 0 Å². The number of rotatable bonds is 6. The molecule has 2 saturated heterocycles. The molecule has 0 bridgehead atoms. The van der Waals surface area contributed by atoms with E-state index in [1.54, 1.807) is 33.7 Å². The number of benzene rings is 1. The van der Waals surface area contributed by atoms with Crippen LogP contribution in [0.1, 0.15) is 24.7 Å². The van der Waals surface area contributed by atoms with E-state index in [2.05, 4.69) is 4.98 Å². The maximum Gasteiger partial charge on any atom is 0.329 e. The van der Waals surface area contributed by atoms with Crippen molar-refractivity contribution < 1.29 is 14.2 Å². The van der Waals surface area contributed by atoms with Crippen LogP contribution >= 0.6 is 11.6 Å². The number of pyridine rings is 1. The fourth-order valence-corrected chi connectivity index (χ4v) is 4.88. The first-order valence-electron chi connectivity index (χ1n) is 11.5. The molecular formula is C24H24ClN5O4. The lowest BCUT2D eigenvalue weighted by molar-refractivity contribution is 0.166. The van der Waals surface area contributed by atoms with E-state index >= 15 is 0 Å². The van der Waals surface area contributed by atoms with Crippen molar-refractivity contribution in [2.45, 2.75) is 25.4 Å². The summed E-state index contributed by atoms with van der Waals surface area (Å²) in [5.74, 6) is 1.30.